The van der Waals surface area contributed by atoms with E-state index in [-0.39, 0.29) is 10.9 Å². The van der Waals surface area contributed by atoms with Crippen molar-refractivity contribution in [3.8, 4) is 11.5 Å². The van der Waals surface area contributed by atoms with Crippen molar-refractivity contribution in [2.45, 2.75) is 52.1 Å². The predicted octanol–water partition coefficient (Wildman–Crippen LogP) is 11.6. The van der Waals surface area contributed by atoms with Crippen molar-refractivity contribution >= 4 is 36.7 Å². The smallest absolute Gasteiger partial charge is 0.126 e. The van der Waals surface area contributed by atoms with Crippen LogP contribution in [0, 0.1) is 5.92 Å². The van der Waals surface area contributed by atoms with Crippen LogP contribution in [0.3, 0.4) is 0 Å². The summed E-state index contributed by atoms with van der Waals surface area (Å²) in [4.78, 5) is 0. The third-order valence-electron chi connectivity index (χ3n) is 6.94. The molecule has 0 spiro atoms. The summed E-state index contributed by atoms with van der Waals surface area (Å²) in [5.41, 5.74) is 3.80. The van der Waals surface area contributed by atoms with Gasteiger partial charge in [-0.05, 0) is 70.6 Å². The topological polar surface area (TPSA) is 29.5 Å². The zero-order valence-corrected chi connectivity index (χ0v) is 28.7. The number of rotatable bonds is 7. The Morgan fingerprint density at radius 2 is 1.05 bits per heavy atom. The second-order valence-electron chi connectivity index (χ2n) is 12.4. The highest BCUT2D eigenvalue weighted by atomic mass is 35.5. The van der Waals surface area contributed by atoms with Crippen molar-refractivity contribution in [1.29, 1.82) is 0 Å². The zero-order valence-electron chi connectivity index (χ0n) is 26.3. The standard InChI is InChI=1S/C35H31Cl2O2P.C4H10/c1-34(2,3)40(33-23-18-29(36)24-32(33)37)39-31-21-16-28(17-22-31)35(25-10-6-4-7-11-25,26-12-8-5-9-13-26)27-14-19-30(38)20-15-27;1-4(2)3/h4-24,38H,1-3H3;4H,1-3H3. The highest BCUT2D eigenvalue weighted by Gasteiger charge is 2.38. The quantitative estimate of drug-likeness (QED) is 0.141. The first kappa shape index (κ1) is 33.6. The van der Waals surface area contributed by atoms with Crippen molar-refractivity contribution in [3.05, 3.63) is 160 Å². The Kier molecular flexibility index (Phi) is 11.2. The normalized spacial score (nSPS) is 12.3. The average Bonchev–Trinajstić information content (AvgIpc) is 2.99. The molecule has 0 amide bonds. The van der Waals surface area contributed by atoms with Gasteiger partial charge in [-0.1, -0.05) is 150 Å². The van der Waals surface area contributed by atoms with Gasteiger partial charge in [0.1, 0.15) is 19.6 Å². The Bertz CT molecular complexity index is 1570. The van der Waals surface area contributed by atoms with Gasteiger partial charge >= 0.3 is 0 Å². The second kappa shape index (κ2) is 14.7. The largest absolute Gasteiger partial charge is 0.508 e. The molecule has 0 fully saturated rings. The first-order chi connectivity index (χ1) is 20.9. The summed E-state index contributed by atoms with van der Waals surface area (Å²) in [7, 11) is -1.10. The van der Waals surface area contributed by atoms with E-state index >= 15 is 0 Å². The van der Waals surface area contributed by atoms with Crippen LogP contribution in [0.4, 0.5) is 0 Å². The van der Waals surface area contributed by atoms with Crippen molar-refractivity contribution < 1.29 is 9.63 Å². The van der Waals surface area contributed by atoms with E-state index in [4.69, 9.17) is 27.7 Å². The van der Waals surface area contributed by atoms with E-state index in [2.05, 4.69) is 102 Å². The van der Waals surface area contributed by atoms with E-state index in [0.717, 1.165) is 39.2 Å². The van der Waals surface area contributed by atoms with E-state index in [1.807, 2.05) is 48.5 Å². The Morgan fingerprint density at radius 1 is 0.614 bits per heavy atom. The number of halogens is 2. The maximum absolute atomic E-state index is 10.1. The summed E-state index contributed by atoms with van der Waals surface area (Å²) in [6.45, 7) is 13.0. The minimum absolute atomic E-state index is 0.157. The summed E-state index contributed by atoms with van der Waals surface area (Å²) >= 11 is 12.8. The third kappa shape index (κ3) is 7.86. The minimum atomic E-state index is -1.10. The molecule has 1 atom stereocenters. The van der Waals surface area contributed by atoms with Crippen molar-refractivity contribution in [1.82, 2.24) is 0 Å². The minimum Gasteiger partial charge on any atom is -0.508 e. The summed E-state index contributed by atoms with van der Waals surface area (Å²) in [5, 5.41) is 12.1. The lowest BCUT2D eigenvalue weighted by atomic mass is 9.65. The predicted molar refractivity (Wildman–Crippen MR) is 190 cm³/mol. The van der Waals surface area contributed by atoms with Crippen LogP contribution in [-0.2, 0) is 5.41 Å². The third-order valence-corrected chi connectivity index (χ3v) is 10.1. The lowest BCUT2D eigenvalue weighted by Gasteiger charge is -2.37. The van der Waals surface area contributed by atoms with Crippen LogP contribution < -0.4 is 9.83 Å². The molecule has 0 aliphatic rings. The van der Waals surface area contributed by atoms with E-state index in [0.29, 0.717) is 10.0 Å². The molecule has 0 radical (unpaired) electrons. The van der Waals surface area contributed by atoms with Gasteiger partial charge < -0.3 is 9.63 Å². The molecule has 44 heavy (non-hydrogen) atoms. The van der Waals surface area contributed by atoms with Crippen LogP contribution in [-0.4, -0.2) is 10.3 Å². The Hall–Kier alpha value is -3.29. The molecular formula is C39H41Cl2O2P. The Balaban J connectivity index is 0.00000104. The molecular weight excluding hydrogens is 602 g/mol. The molecule has 5 heteroatoms. The van der Waals surface area contributed by atoms with Crippen LogP contribution in [0.1, 0.15) is 63.8 Å². The summed E-state index contributed by atoms with van der Waals surface area (Å²) in [6, 6.07) is 42.4. The van der Waals surface area contributed by atoms with Gasteiger partial charge in [-0.25, -0.2) is 0 Å². The zero-order chi connectivity index (χ0) is 31.9. The number of hydrogen-bond donors (Lipinski definition) is 1. The van der Waals surface area contributed by atoms with Gasteiger partial charge in [0.05, 0.1) is 10.4 Å². The molecule has 228 valence electrons. The molecule has 0 heterocycles. The molecule has 5 aromatic rings. The van der Waals surface area contributed by atoms with E-state index < -0.39 is 13.6 Å². The average molecular weight is 644 g/mol. The molecule has 1 unspecified atom stereocenters. The highest BCUT2D eigenvalue weighted by Crippen LogP contribution is 2.52. The maximum atomic E-state index is 10.1. The molecule has 1 N–H and O–H groups in total. The highest BCUT2D eigenvalue weighted by molar-refractivity contribution is 7.63. The van der Waals surface area contributed by atoms with E-state index in [9.17, 15) is 5.11 Å². The van der Waals surface area contributed by atoms with Gasteiger partial charge in [-0.2, -0.15) is 0 Å². The molecule has 0 saturated carbocycles. The molecule has 5 aromatic carbocycles. The monoisotopic (exact) mass is 642 g/mol. The van der Waals surface area contributed by atoms with Crippen LogP contribution in [0.15, 0.2) is 127 Å². The first-order valence-electron chi connectivity index (χ1n) is 14.9. The van der Waals surface area contributed by atoms with Crippen LogP contribution in [0.25, 0.3) is 0 Å². The van der Waals surface area contributed by atoms with Gasteiger partial charge in [0, 0.05) is 15.5 Å². The Morgan fingerprint density at radius 3 is 1.48 bits per heavy atom. The van der Waals surface area contributed by atoms with Crippen molar-refractivity contribution in [3.63, 3.8) is 0 Å². The number of phenols is 1. The Labute approximate surface area is 274 Å². The molecule has 0 saturated heterocycles. The van der Waals surface area contributed by atoms with Crippen LogP contribution in [0.2, 0.25) is 10.0 Å². The maximum Gasteiger partial charge on any atom is 0.126 e. The van der Waals surface area contributed by atoms with Gasteiger partial charge in [0.15, 0.2) is 0 Å². The van der Waals surface area contributed by atoms with E-state index in [1.165, 1.54) is 0 Å². The second-order valence-corrected chi connectivity index (χ2v) is 15.9. The molecule has 0 aromatic heterocycles. The molecule has 5 rings (SSSR count). The molecule has 2 nitrogen and oxygen atoms in total. The van der Waals surface area contributed by atoms with Crippen LogP contribution in [0.5, 0.6) is 11.5 Å². The van der Waals surface area contributed by atoms with Crippen molar-refractivity contribution in [2.75, 3.05) is 0 Å². The fourth-order valence-electron chi connectivity index (χ4n) is 5.15. The lowest BCUT2D eigenvalue weighted by Crippen LogP contribution is -2.31. The number of aromatic hydroxyl groups is 1. The summed E-state index contributed by atoms with van der Waals surface area (Å²) < 4.78 is 6.69. The number of hydrogen-bond acceptors (Lipinski definition) is 2. The first-order valence-corrected chi connectivity index (χ1v) is 16.9. The van der Waals surface area contributed by atoms with Gasteiger partial charge in [-0.3, -0.25) is 0 Å². The van der Waals surface area contributed by atoms with Crippen molar-refractivity contribution in [2.24, 2.45) is 5.92 Å². The van der Waals surface area contributed by atoms with E-state index in [1.54, 1.807) is 18.2 Å². The number of benzene rings is 5. The molecule has 0 aliphatic carbocycles. The van der Waals surface area contributed by atoms with Gasteiger partial charge in [-0.15, -0.1) is 0 Å². The lowest BCUT2D eigenvalue weighted by molar-refractivity contribution is 0.475. The molecule has 0 bridgehead atoms. The SMILES string of the molecule is CC(C)(C)P(Oc1ccc(C(c2ccccc2)(c2ccccc2)c2ccc(O)cc2)cc1)c1ccc(Cl)cc1Cl.CC(C)C. The van der Waals surface area contributed by atoms with Gasteiger partial charge in [0.2, 0.25) is 0 Å². The molecule has 0 aliphatic heterocycles. The van der Waals surface area contributed by atoms with Gasteiger partial charge in [0.25, 0.3) is 0 Å². The summed E-state index contributed by atoms with van der Waals surface area (Å²) in [5.74, 6) is 1.84. The fraction of sp³-hybridized carbons (Fsp3) is 0.231. The summed E-state index contributed by atoms with van der Waals surface area (Å²) in [6.07, 6.45) is 0. The number of phenolic OH excluding ortho intramolecular Hbond substituents is 1. The van der Waals surface area contributed by atoms with Crippen LogP contribution >= 0.6 is 31.4 Å². The fourth-order valence-corrected chi connectivity index (χ4v) is 7.69.